The van der Waals surface area contributed by atoms with Gasteiger partial charge < -0.3 is 20.1 Å². The summed E-state index contributed by atoms with van der Waals surface area (Å²) in [6, 6.07) is 9.06. The van der Waals surface area contributed by atoms with Crippen LogP contribution in [0.25, 0.3) is 0 Å². The molecule has 6 heteroatoms. The Morgan fingerprint density at radius 3 is 2.28 bits per heavy atom. The lowest BCUT2D eigenvalue weighted by Gasteiger charge is -2.36. The van der Waals surface area contributed by atoms with Crippen molar-refractivity contribution in [1.29, 1.82) is 0 Å². The van der Waals surface area contributed by atoms with Gasteiger partial charge in [-0.25, -0.2) is 4.79 Å². The number of carbonyl (C=O) groups is 2. The van der Waals surface area contributed by atoms with Crippen molar-refractivity contribution >= 4 is 12.0 Å². The fraction of sp³-hybridized carbons (Fsp3) is 0.652. The third kappa shape index (κ3) is 7.35. The number of nitrogens with zero attached hydrogens (tertiary/aromatic N) is 1. The molecule has 2 atom stereocenters. The van der Waals surface area contributed by atoms with E-state index in [1.165, 1.54) is 0 Å². The molecule has 162 valence electrons. The number of likely N-dealkylation sites (tertiary alicyclic amines) is 1. The first-order valence-corrected chi connectivity index (χ1v) is 10.6. The van der Waals surface area contributed by atoms with Crippen molar-refractivity contribution in [1.82, 2.24) is 10.2 Å². The Kier molecular flexibility index (Phi) is 8.08. The lowest BCUT2D eigenvalue weighted by Crippen LogP contribution is -2.52. The van der Waals surface area contributed by atoms with E-state index >= 15 is 0 Å². The Bertz CT molecular complexity index is 661. The van der Waals surface area contributed by atoms with Gasteiger partial charge >= 0.3 is 6.09 Å². The smallest absolute Gasteiger partial charge is 0.408 e. The molecule has 29 heavy (non-hydrogen) atoms. The molecule has 2 unspecified atom stereocenters. The fourth-order valence-electron chi connectivity index (χ4n) is 3.72. The number of hydrogen-bond acceptors (Lipinski definition) is 4. The molecule has 1 fully saturated rings. The van der Waals surface area contributed by atoms with Crippen LogP contribution in [-0.2, 0) is 9.53 Å². The summed E-state index contributed by atoms with van der Waals surface area (Å²) in [5, 5.41) is 13.4. The van der Waals surface area contributed by atoms with Crippen LogP contribution in [0.5, 0.6) is 0 Å². The number of carbonyl (C=O) groups excluding carboxylic acids is 2. The van der Waals surface area contributed by atoms with Gasteiger partial charge in [0, 0.05) is 13.1 Å². The predicted molar refractivity (Wildman–Crippen MR) is 113 cm³/mol. The first kappa shape index (κ1) is 23.2. The van der Waals surface area contributed by atoms with Gasteiger partial charge in [0.25, 0.3) is 0 Å². The number of benzene rings is 1. The van der Waals surface area contributed by atoms with Crippen LogP contribution in [0.15, 0.2) is 30.3 Å². The van der Waals surface area contributed by atoms with Crippen molar-refractivity contribution in [3.63, 3.8) is 0 Å². The molecule has 0 radical (unpaired) electrons. The third-order valence-electron chi connectivity index (χ3n) is 5.14. The number of rotatable bonds is 6. The minimum Gasteiger partial charge on any atom is -0.444 e. The van der Waals surface area contributed by atoms with E-state index in [1.807, 2.05) is 44.2 Å². The Balaban J connectivity index is 1.95. The summed E-state index contributed by atoms with van der Waals surface area (Å²) in [6.07, 6.45) is 0.960. The normalized spacial score (nSPS) is 17.7. The second-order valence-electron chi connectivity index (χ2n) is 9.35. The maximum atomic E-state index is 13.1. The van der Waals surface area contributed by atoms with Crippen LogP contribution in [0.2, 0.25) is 0 Å². The van der Waals surface area contributed by atoms with Crippen LogP contribution in [-0.4, -0.2) is 46.7 Å². The Morgan fingerprint density at radius 1 is 1.17 bits per heavy atom. The van der Waals surface area contributed by atoms with Gasteiger partial charge in [0.2, 0.25) is 5.91 Å². The van der Waals surface area contributed by atoms with Crippen molar-refractivity contribution in [2.24, 2.45) is 11.8 Å². The van der Waals surface area contributed by atoms with Crippen LogP contribution in [0.3, 0.4) is 0 Å². The number of ether oxygens (including phenoxy) is 1. The molecule has 2 N–H and O–H groups in total. The SMILES string of the molecule is CC(C)CC(NC(=O)OC(C)(C)C)C(=O)N1CCC(C(O)c2ccccc2)CC1. The molecule has 0 spiro atoms. The van der Waals surface area contributed by atoms with Crippen LogP contribution in [0.1, 0.15) is 65.5 Å². The van der Waals surface area contributed by atoms with E-state index in [-0.39, 0.29) is 17.7 Å². The minimum atomic E-state index is -0.610. The van der Waals surface area contributed by atoms with E-state index in [0.717, 1.165) is 18.4 Å². The number of alkyl carbamates (subject to hydrolysis) is 1. The molecule has 1 aliphatic rings. The molecule has 1 aliphatic heterocycles. The second-order valence-corrected chi connectivity index (χ2v) is 9.35. The van der Waals surface area contributed by atoms with Crippen LogP contribution in [0, 0.1) is 11.8 Å². The van der Waals surface area contributed by atoms with E-state index in [9.17, 15) is 14.7 Å². The lowest BCUT2D eigenvalue weighted by molar-refractivity contribution is -0.136. The quantitative estimate of drug-likeness (QED) is 0.754. The second kappa shape index (κ2) is 10.1. The van der Waals surface area contributed by atoms with Crippen molar-refractivity contribution in [2.45, 2.75) is 71.6 Å². The first-order chi connectivity index (χ1) is 13.6. The highest BCUT2D eigenvalue weighted by molar-refractivity contribution is 5.85. The zero-order valence-corrected chi connectivity index (χ0v) is 18.4. The van der Waals surface area contributed by atoms with Gasteiger partial charge in [-0.2, -0.15) is 0 Å². The molecule has 6 nitrogen and oxygen atoms in total. The lowest BCUT2D eigenvalue weighted by atomic mass is 9.87. The minimum absolute atomic E-state index is 0.0720. The third-order valence-corrected chi connectivity index (χ3v) is 5.14. The zero-order valence-electron chi connectivity index (χ0n) is 18.4. The van der Waals surface area contributed by atoms with E-state index in [0.29, 0.717) is 19.5 Å². The number of piperidine rings is 1. The van der Waals surface area contributed by atoms with Gasteiger partial charge in [-0.3, -0.25) is 4.79 Å². The van der Waals surface area contributed by atoms with Crippen molar-refractivity contribution in [3.8, 4) is 0 Å². The molecule has 0 aliphatic carbocycles. The van der Waals surface area contributed by atoms with Crippen molar-refractivity contribution < 1.29 is 19.4 Å². The average molecular weight is 405 g/mol. The first-order valence-electron chi connectivity index (χ1n) is 10.6. The zero-order chi connectivity index (χ0) is 21.6. The molecule has 0 aromatic heterocycles. The van der Waals surface area contributed by atoms with E-state index in [2.05, 4.69) is 5.32 Å². The summed E-state index contributed by atoms with van der Waals surface area (Å²) in [4.78, 5) is 27.1. The molecular weight excluding hydrogens is 368 g/mol. The summed E-state index contributed by atoms with van der Waals surface area (Å²) in [6.45, 7) is 10.6. The fourth-order valence-corrected chi connectivity index (χ4v) is 3.72. The van der Waals surface area contributed by atoms with E-state index in [1.54, 1.807) is 25.7 Å². The topological polar surface area (TPSA) is 78.9 Å². The summed E-state index contributed by atoms with van der Waals surface area (Å²) in [7, 11) is 0. The van der Waals surface area contributed by atoms with Gasteiger partial charge in [-0.15, -0.1) is 0 Å². The average Bonchev–Trinajstić information content (AvgIpc) is 2.65. The monoisotopic (exact) mass is 404 g/mol. The van der Waals surface area contributed by atoms with Gasteiger partial charge in [0.15, 0.2) is 0 Å². The van der Waals surface area contributed by atoms with Crippen LogP contribution in [0.4, 0.5) is 4.79 Å². The van der Waals surface area contributed by atoms with Gasteiger partial charge in [0.1, 0.15) is 11.6 Å². The van der Waals surface area contributed by atoms with Crippen LogP contribution < -0.4 is 5.32 Å². The highest BCUT2D eigenvalue weighted by atomic mass is 16.6. The molecule has 0 bridgehead atoms. The standard InChI is InChI=1S/C23H36N2O4/c1-16(2)15-19(24-22(28)29-23(3,4)5)21(27)25-13-11-18(12-14-25)20(26)17-9-7-6-8-10-17/h6-10,16,18-20,26H,11-15H2,1-5H3,(H,24,28). The Labute approximate surface area is 174 Å². The van der Waals surface area contributed by atoms with Crippen LogP contribution >= 0.6 is 0 Å². The number of hydrogen-bond donors (Lipinski definition) is 2. The predicted octanol–water partition coefficient (Wildman–Crippen LogP) is 3.90. The van der Waals surface area contributed by atoms with Crippen molar-refractivity contribution in [2.75, 3.05) is 13.1 Å². The summed E-state index contributed by atoms with van der Waals surface area (Å²) < 4.78 is 5.33. The maximum Gasteiger partial charge on any atom is 0.408 e. The van der Waals surface area contributed by atoms with Gasteiger partial charge in [-0.1, -0.05) is 44.2 Å². The Morgan fingerprint density at radius 2 is 1.76 bits per heavy atom. The molecule has 1 aromatic carbocycles. The number of aliphatic hydroxyl groups excluding tert-OH is 1. The molecular formula is C23H36N2O4. The van der Waals surface area contributed by atoms with Gasteiger partial charge in [-0.05, 0) is 57.4 Å². The summed E-state index contributed by atoms with van der Waals surface area (Å²) in [5.74, 6) is 0.317. The van der Waals surface area contributed by atoms with E-state index < -0.39 is 23.8 Å². The molecule has 2 rings (SSSR count). The number of aliphatic hydroxyl groups is 1. The summed E-state index contributed by atoms with van der Waals surface area (Å²) >= 11 is 0. The summed E-state index contributed by atoms with van der Waals surface area (Å²) in [5.41, 5.74) is 0.308. The number of nitrogens with one attached hydrogen (secondary N) is 1. The highest BCUT2D eigenvalue weighted by Crippen LogP contribution is 2.31. The molecule has 2 amide bonds. The highest BCUT2D eigenvalue weighted by Gasteiger charge is 2.33. The number of amides is 2. The van der Waals surface area contributed by atoms with Crippen molar-refractivity contribution in [3.05, 3.63) is 35.9 Å². The molecule has 1 heterocycles. The van der Waals surface area contributed by atoms with Gasteiger partial charge in [0.05, 0.1) is 6.10 Å². The maximum absolute atomic E-state index is 13.1. The Hall–Kier alpha value is -2.08. The van der Waals surface area contributed by atoms with E-state index in [4.69, 9.17) is 4.74 Å². The molecule has 1 aromatic rings. The largest absolute Gasteiger partial charge is 0.444 e. The molecule has 1 saturated heterocycles. The molecule has 0 saturated carbocycles.